The fourth-order valence-corrected chi connectivity index (χ4v) is 3.73. The third kappa shape index (κ3) is 4.29. The summed E-state index contributed by atoms with van der Waals surface area (Å²) in [4.78, 5) is 0.0608. The fourth-order valence-electron chi connectivity index (χ4n) is 1.07. The first-order valence-electron chi connectivity index (χ1n) is 4.96. The van der Waals surface area contributed by atoms with Crippen LogP contribution in [0.2, 0.25) is 0 Å². The van der Waals surface area contributed by atoms with Gasteiger partial charge in [-0.1, -0.05) is 15.9 Å². The van der Waals surface area contributed by atoms with E-state index < -0.39 is 22.2 Å². The molecule has 0 heterocycles. The van der Waals surface area contributed by atoms with Crippen molar-refractivity contribution in [2.24, 2.45) is 0 Å². The number of halogens is 2. The monoisotopic (exact) mass is 401 g/mol. The van der Waals surface area contributed by atoms with Gasteiger partial charge in [-0.25, -0.2) is 13.1 Å². The second-order valence-electron chi connectivity index (χ2n) is 4.05. The first-order valence-corrected chi connectivity index (χ1v) is 8.03. The van der Waals surface area contributed by atoms with Gasteiger partial charge in [-0.15, -0.1) is 0 Å². The molecule has 1 unspecified atom stereocenters. The van der Waals surface area contributed by atoms with E-state index >= 15 is 0 Å². The molecule has 0 aliphatic heterocycles. The highest BCUT2D eigenvalue weighted by atomic mass is 79.9. The molecule has 0 radical (unpaired) electrons. The van der Waals surface area contributed by atoms with Crippen molar-refractivity contribution in [2.45, 2.75) is 17.4 Å². The maximum absolute atomic E-state index is 12.0. The lowest BCUT2D eigenvalue weighted by molar-refractivity contribution is 0.00681. The summed E-state index contributed by atoms with van der Waals surface area (Å²) in [5, 5.41) is 18.4. The van der Waals surface area contributed by atoms with E-state index in [2.05, 4.69) is 36.6 Å². The summed E-state index contributed by atoms with van der Waals surface area (Å²) in [5.74, 6) is 0. The minimum atomic E-state index is -3.75. The predicted molar refractivity (Wildman–Crippen MR) is 74.7 cm³/mol. The summed E-state index contributed by atoms with van der Waals surface area (Å²) in [6.45, 7) is 0.533. The van der Waals surface area contributed by atoms with Crippen molar-refractivity contribution in [3.05, 3.63) is 27.1 Å². The van der Waals surface area contributed by atoms with Crippen LogP contribution in [0.4, 0.5) is 0 Å². The lowest BCUT2D eigenvalue weighted by Gasteiger charge is -2.20. The van der Waals surface area contributed by atoms with Crippen LogP contribution in [0.25, 0.3) is 0 Å². The summed E-state index contributed by atoms with van der Waals surface area (Å²) in [5.41, 5.74) is -1.49. The average Bonchev–Trinajstić information content (AvgIpc) is 2.30. The van der Waals surface area contributed by atoms with Crippen LogP contribution in [0.1, 0.15) is 6.92 Å². The van der Waals surface area contributed by atoms with Crippen molar-refractivity contribution in [2.75, 3.05) is 13.2 Å². The molecule has 0 aliphatic rings. The molecule has 3 N–H and O–H groups in total. The minimum absolute atomic E-state index is 0.0608. The average molecular weight is 403 g/mol. The minimum Gasteiger partial charge on any atom is -0.393 e. The van der Waals surface area contributed by atoms with E-state index in [1.165, 1.54) is 13.0 Å². The zero-order chi connectivity index (χ0) is 14.0. The van der Waals surface area contributed by atoms with Gasteiger partial charge in [0.1, 0.15) is 0 Å². The van der Waals surface area contributed by atoms with Crippen molar-refractivity contribution < 1.29 is 18.6 Å². The molecule has 8 heteroatoms. The van der Waals surface area contributed by atoms with Crippen molar-refractivity contribution >= 4 is 41.9 Å². The van der Waals surface area contributed by atoms with Crippen molar-refractivity contribution in [1.82, 2.24) is 4.72 Å². The number of rotatable bonds is 5. The van der Waals surface area contributed by atoms with Crippen LogP contribution >= 0.6 is 31.9 Å². The summed E-state index contributed by atoms with van der Waals surface area (Å²) < 4.78 is 27.3. The zero-order valence-electron chi connectivity index (χ0n) is 9.52. The molecule has 0 spiro atoms. The zero-order valence-corrected chi connectivity index (χ0v) is 13.5. The normalized spacial score (nSPS) is 15.4. The van der Waals surface area contributed by atoms with Gasteiger partial charge in [0.15, 0.2) is 0 Å². The van der Waals surface area contributed by atoms with Gasteiger partial charge in [0.25, 0.3) is 0 Å². The lowest BCUT2D eigenvalue weighted by Crippen LogP contribution is -2.43. The van der Waals surface area contributed by atoms with Crippen LogP contribution in [-0.2, 0) is 10.0 Å². The molecule has 0 aliphatic carbocycles. The number of sulfonamides is 1. The highest BCUT2D eigenvalue weighted by Gasteiger charge is 2.24. The van der Waals surface area contributed by atoms with Crippen LogP contribution < -0.4 is 4.72 Å². The number of hydrogen-bond acceptors (Lipinski definition) is 4. The van der Waals surface area contributed by atoms with Gasteiger partial charge < -0.3 is 10.2 Å². The Bertz CT molecular complexity index is 531. The second kappa shape index (κ2) is 5.98. The summed E-state index contributed by atoms with van der Waals surface area (Å²) in [6, 6.07) is 4.75. The molecule has 1 rings (SSSR count). The van der Waals surface area contributed by atoms with Crippen LogP contribution in [0.15, 0.2) is 32.0 Å². The Morgan fingerprint density at radius 2 is 2.00 bits per heavy atom. The van der Waals surface area contributed by atoms with E-state index in [4.69, 9.17) is 5.11 Å². The third-order valence-corrected chi connectivity index (χ3v) is 5.05. The largest absolute Gasteiger partial charge is 0.393 e. The predicted octanol–water partition coefficient (Wildman–Crippen LogP) is 1.23. The Balaban J connectivity index is 2.97. The summed E-state index contributed by atoms with van der Waals surface area (Å²) in [7, 11) is -3.75. The quantitative estimate of drug-likeness (QED) is 0.691. The van der Waals surface area contributed by atoms with Gasteiger partial charge in [0, 0.05) is 15.5 Å². The molecule has 102 valence electrons. The van der Waals surface area contributed by atoms with E-state index in [1.54, 1.807) is 12.1 Å². The number of benzene rings is 1. The van der Waals surface area contributed by atoms with E-state index in [9.17, 15) is 13.5 Å². The molecule has 0 bridgehead atoms. The van der Waals surface area contributed by atoms with Gasteiger partial charge in [-0.3, -0.25) is 0 Å². The molecule has 0 saturated carbocycles. The molecular weight excluding hydrogens is 390 g/mol. The van der Waals surface area contributed by atoms with Gasteiger partial charge in [-0.05, 0) is 41.1 Å². The number of aliphatic hydroxyl groups excluding tert-OH is 1. The van der Waals surface area contributed by atoms with Crippen LogP contribution in [-0.4, -0.2) is 37.4 Å². The van der Waals surface area contributed by atoms with Gasteiger partial charge in [0.05, 0.1) is 17.1 Å². The summed E-state index contributed by atoms with van der Waals surface area (Å²) in [6.07, 6.45) is 0. The summed E-state index contributed by atoms with van der Waals surface area (Å²) >= 11 is 6.34. The Kier molecular flexibility index (Phi) is 5.33. The molecule has 1 aromatic carbocycles. The molecule has 0 amide bonds. The van der Waals surface area contributed by atoms with E-state index in [-0.39, 0.29) is 11.4 Å². The first-order chi connectivity index (χ1) is 8.18. The Morgan fingerprint density at radius 3 is 2.56 bits per heavy atom. The number of aliphatic hydroxyl groups is 2. The Hall–Kier alpha value is 0.01000. The first kappa shape index (κ1) is 16.1. The SMILES string of the molecule is CC(O)(CO)CNS(=O)(=O)c1cc(Br)ccc1Br. The number of nitrogens with one attached hydrogen (secondary N) is 1. The van der Waals surface area contributed by atoms with Crippen molar-refractivity contribution in [1.29, 1.82) is 0 Å². The molecular formula is C10H13Br2NO4S. The van der Waals surface area contributed by atoms with E-state index in [0.29, 0.717) is 8.95 Å². The maximum Gasteiger partial charge on any atom is 0.241 e. The Morgan fingerprint density at radius 1 is 1.39 bits per heavy atom. The van der Waals surface area contributed by atoms with Crippen molar-refractivity contribution in [3.8, 4) is 0 Å². The Labute approximate surface area is 123 Å². The third-order valence-electron chi connectivity index (χ3n) is 2.17. The van der Waals surface area contributed by atoms with Crippen molar-refractivity contribution in [3.63, 3.8) is 0 Å². The highest BCUT2D eigenvalue weighted by Crippen LogP contribution is 2.25. The molecule has 1 aromatic rings. The standard InChI is InChI=1S/C10H13Br2NO4S/c1-10(15,6-14)5-13-18(16,17)9-4-7(11)2-3-8(9)12/h2-4,13-15H,5-6H2,1H3. The van der Waals surface area contributed by atoms with Crippen LogP contribution in [0.3, 0.4) is 0 Å². The van der Waals surface area contributed by atoms with Crippen LogP contribution in [0.5, 0.6) is 0 Å². The van der Waals surface area contributed by atoms with Gasteiger partial charge >= 0.3 is 0 Å². The molecule has 0 saturated heterocycles. The topological polar surface area (TPSA) is 86.6 Å². The van der Waals surface area contributed by atoms with E-state index in [0.717, 1.165) is 0 Å². The molecule has 18 heavy (non-hydrogen) atoms. The van der Waals surface area contributed by atoms with Gasteiger partial charge in [0.2, 0.25) is 10.0 Å². The highest BCUT2D eigenvalue weighted by molar-refractivity contribution is 9.11. The number of hydrogen-bond donors (Lipinski definition) is 3. The second-order valence-corrected chi connectivity index (χ2v) is 7.56. The van der Waals surface area contributed by atoms with Gasteiger partial charge in [-0.2, -0.15) is 0 Å². The molecule has 1 atom stereocenters. The fraction of sp³-hybridized carbons (Fsp3) is 0.400. The molecule has 5 nitrogen and oxygen atoms in total. The van der Waals surface area contributed by atoms with Crippen LogP contribution in [0, 0.1) is 0 Å². The molecule has 0 fully saturated rings. The van der Waals surface area contributed by atoms with E-state index in [1.807, 2.05) is 0 Å². The maximum atomic E-state index is 12.0. The molecule has 0 aromatic heterocycles. The smallest absolute Gasteiger partial charge is 0.241 e. The lowest BCUT2D eigenvalue weighted by atomic mass is 10.1.